The molecule has 2 aromatic carbocycles. The average Bonchev–Trinajstić information content (AvgIpc) is 3.50. The van der Waals surface area contributed by atoms with Crippen molar-refractivity contribution in [3.8, 4) is 5.75 Å². The molecule has 2 aliphatic heterocycles. The number of benzene rings is 2. The van der Waals surface area contributed by atoms with Gasteiger partial charge in [-0.05, 0) is 63.5 Å². The van der Waals surface area contributed by atoms with Crippen LogP contribution in [0.25, 0.3) is 0 Å². The normalized spacial score (nSPS) is 16.4. The third-order valence-corrected chi connectivity index (χ3v) is 9.22. The van der Waals surface area contributed by atoms with Crippen molar-refractivity contribution in [3.63, 3.8) is 0 Å². The number of nitro groups is 1. The zero-order valence-corrected chi connectivity index (χ0v) is 24.7. The molecule has 40 heavy (non-hydrogen) atoms. The molecule has 0 aliphatic carbocycles. The van der Waals surface area contributed by atoms with Crippen LogP contribution >= 0.6 is 19.5 Å². The number of nitrogens with one attached hydrogen (secondary N) is 2. The molecule has 0 bridgehead atoms. The van der Waals surface area contributed by atoms with Crippen molar-refractivity contribution in [2.45, 2.75) is 31.7 Å². The molecule has 2 saturated heterocycles. The van der Waals surface area contributed by atoms with Gasteiger partial charge in [-0.25, -0.2) is 4.98 Å². The average molecular weight is 584 g/mol. The number of likely N-dealkylation sites (tertiary alicyclic amines) is 1. The van der Waals surface area contributed by atoms with Crippen molar-refractivity contribution in [1.82, 2.24) is 14.9 Å². The van der Waals surface area contributed by atoms with Crippen LogP contribution in [-0.2, 0) is 0 Å². The van der Waals surface area contributed by atoms with Crippen molar-refractivity contribution in [2.24, 2.45) is 0 Å². The van der Waals surface area contributed by atoms with E-state index in [0.29, 0.717) is 34.0 Å². The Morgan fingerprint density at radius 2 is 1.80 bits per heavy atom. The number of nitrogens with zero attached hydrogens (tertiary/aromatic N) is 5. The van der Waals surface area contributed by atoms with Gasteiger partial charge in [0.05, 0.1) is 23.9 Å². The molecule has 10 nitrogen and oxygen atoms in total. The largest absolute Gasteiger partial charge is 0.494 e. The van der Waals surface area contributed by atoms with Crippen LogP contribution in [-0.4, -0.2) is 72.5 Å². The highest BCUT2D eigenvalue weighted by Crippen LogP contribution is 2.41. The third kappa shape index (κ3) is 6.24. The summed E-state index contributed by atoms with van der Waals surface area (Å²) in [5.74, 6) is 1.16. The quantitative estimate of drug-likeness (QED) is 0.179. The number of ether oxygens (including phenoxy) is 1. The predicted octanol–water partition coefficient (Wildman–Crippen LogP) is 5.97. The van der Waals surface area contributed by atoms with Gasteiger partial charge in [-0.15, -0.1) is 0 Å². The Morgan fingerprint density at radius 3 is 2.48 bits per heavy atom. The van der Waals surface area contributed by atoms with Gasteiger partial charge >= 0.3 is 0 Å². The van der Waals surface area contributed by atoms with Crippen molar-refractivity contribution in [1.29, 1.82) is 0 Å². The Balaban J connectivity index is 1.38. The summed E-state index contributed by atoms with van der Waals surface area (Å²) >= 11 is 6.43. The third-order valence-electron chi connectivity index (χ3n) is 7.59. The number of aromatic nitrogens is 2. The minimum Gasteiger partial charge on any atom is -0.494 e. The highest BCUT2D eigenvalue weighted by Gasteiger charge is 2.30. The van der Waals surface area contributed by atoms with Crippen molar-refractivity contribution in [2.75, 3.05) is 62.2 Å². The lowest BCUT2D eigenvalue weighted by atomic mass is 10.0. The van der Waals surface area contributed by atoms with Gasteiger partial charge in [0.25, 0.3) is 5.69 Å². The summed E-state index contributed by atoms with van der Waals surface area (Å²) in [4.78, 5) is 25.4. The monoisotopic (exact) mass is 583 g/mol. The fourth-order valence-electron chi connectivity index (χ4n) is 5.53. The van der Waals surface area contributed by atoms with Crippen LogP contribution < -0.4 is 25.6 Å². The van der Waals surface area contributed by atoms with E-state index >= 15 is 0 Å². The Kier molecular flexibility index (Phi) is 8.88. The van der Waals surface area contributed by atoms with Crippen molar-refractivity contribution >= 4 is 59.3 Å². The van der Waals surface area contributed by atoms with Crippen LogP contribution in [0.3, 0.4) is 0 Å². The standard InChI is InChI=1S/C28H35ClN7O3P/c1-39-25-17-23(35-14-10-19(11-15-35)34-12-6-7-13-34)24(36(37)38)16-22(25)32-28-30-18-20(29)27(33-28)31-21-8-4-5-9-26(21)40(2)3/h4-5,8-9,16-19H,6-7,10-15H2,1-3H3,(H2,30,31,32,33). The number of methoxy groups -OCH3 is 1. The molecule has 0 spiro atoms. The number of rotatable bonds is 9. The SMILES string of the molecule is COc1cc(N2CCC(N3CCCC3)CC2)c([N+](=O)[O-])cc1Nc1ncc(Cl)c(Nc2ccccc2P(C)C)n1. The van der Waals surface area contributed by atoms with Crippen LogP contribution in [0.5, 0.6) is 5.75 Å². The topological polar surface area (TPSA) is 109 Å². The van der Waals surface area contributed by atoms with E-state index in [-0.39, 0.29) is 24.5 Å². The van der Waals surface area contributed by atoms with E-state index in [9.17, 15) is 10.1 Å². The second kappa shape index (κ2) is 12.5. The summed E-state index contributed by atoms with van der Waals surface area (Å²) < 4.78 is 5.66. The van der Waals surface area contributed by atoms with E-state index in [0.717, 1.165) is 44.7 Å². The Hall–Kier alpha value is -3.20. The lowest BCUT2D eigenvalue weighted by Gasteiger charge is -2.37. The summed E-state index contributed by atoms with van der Waals surface area (Å²) in [7, 11) is 1.20. The molecule has 0 saturated carbocycles. The summed E-state index contributed by atoms with van der Waals surface area (Å²) in [5, 5.41) is 20.2. The summed E-state index contributed by atoms with van der Waals surface area (Å²) in [6.45, 7) is 8.23. The summed E-state index contributed by atoms with van der Waals surface area (Å²) in [5.41, 5.74) is 1.92. The van der Waals surface area contributed by atoms with Gasteiger partial charge in [0.2, 0.25) is 5.95 Å². The number of hydrogen-bond acceptors (Lipinski definition) is 9. The zero-order valence-electron chi connectivity index (χ0n) is 23.1. The highest BCUT2D eigenvalue weighted by atomic mass is 35.5. The lowest BCUT2D eigenvalue weighted by molar-refractivity contribution is -0.384. The molecular weight excluding hydrogens is 549 g/mol. The zero-order chi connectivity index (χ0) is 28.2. The number of hydrogen-bond donors (Lipinski definition) is 2. The number of piperidine rings is 1. The molecule has 2 aliphatic rings. The number of nitro benzene ring substituents is 1. The molecule has 212 valence electrons. The van der Waals surface area contributed by atoms with Crippen LogP contribution in [0, 0.1) is 10.1 Å². The van der Waals surface area contributed by atoms with Gasteiger partial charge in [0, 0.05) is 37.0 Å². The molecule has 0 amide bonds. The number of para-hydroxylation sites is 1. The van der Waals surface area contributed by atoms with Crippen molar-refractivity contribution in [3.05, 3.63) is 57.7 Å². The molecule has 2 fully saturated rings. The van der Waals surface area contributed by atoms with Crippen LogP contribution in [0.4, 0.5) is 34.5 Å². The Labute approximate surface area is 241 Å². The van der Waals surface area contributed by atoms with Crippen LogP contribution in [0.2, 0.25) is 5.02 Å². The fraction of sp³-hybridized carbons (Fsp3) is 0.429. The van der Waals surface area contributed by atoms with Gasteiger partial charge in [-0.2, -0.15) is 4.98 Å². The fourth-order valence-corrected chi connectivity index (χ4v) is 6.67. The van der Waals surface area contributed by atoms with Gasteiger partial charge < -0.3 is 25.2 Å². The molecule has 0 radical (unpaired) electrons. The maximum absolute atomic E-state index is 12.2. The van der Waals surface area contributed by atoms with Gasteiger partial charge in [0.1, 0.15) is 16.5 Å². The van der Waals surface area contributed by atoms with E-state index in [1.165, 1.54) is 30.4 Å². The molecule has 1 aromatic heterocycles. The number of anilines is 5. The first kappa shape index (κ1) is 28.3. The molecule has 0 unspecified atom stereocenters. The molecule has 12 heteroatoms. The summed E-state index contributed by atoms with van der Waals surface area (Å²) in [6.07, 6.45) is 6.02. The maximum Gasteiger partial charge on any atom is 0.294 e. The maximum atomic E-state index is 12.2. The van der Waals surface area contributed by atoms with E-state index in [1.54, 1.807) is 13.2 Å². The van der Waals surface area contributed by atoms with E-state index in [1.807, 2.05) is 18.2 Å². The predicted molar refractivity (Wildman–Crippen MR) is 164 cm³/mol. The first-order valence-corrected chi connectivity index (χ1v) is 16.1. The van der Waals surface area contributed by atoms with Gasteiger partial charge in [0.15, 0.2) is 5.82 Å². The minimum absolute atomic E-state index is 0.0170. The van der Waals surface area contributed by atoms with E-state index in [2.05, 4.69) is 49.8 Å². The highest BCUT2D eigenvalue weighted by molar-refractivity contribution is 7.64. The second-order valence-corrected chi connectivity index (χ2v) is 13.0. The van der Waals surface area contributed by atoms with E-state index < -0.39 is 0 Å². The lowest BCUT2D eigenvalue weighted by Crippen LogP contribution is -2.44. The molecule has 0 atom stereocenters. The first-order valence-electron chi connectivity index (χ1n) is 13.5. The smallest absolute Gasteiger partial charge is 0.294 e. The van der Waals surface area contributed by atoms with Gasteiger partial charge in [-0.1, -0.05) is 37.7 Å². The Morgan fingerprint density at radius 1 is 1.07 bits per heavy atom. The van der Waals surface area contributed by atoms with Crippen molar-refractivity contribution < 1.29 is 9.66 Å². The first-order chi connectivity index (χ1) is 19.3. The van der Waals surface area contributed by atoms with E-state index in [4.69, 9.17) is 16.3 Å². The minimum atomic E-state index is -0.352. The van der Waals surface area contributed by atoms with Gasteiger partial charge in [-0.3, -0.25) is 10.1 Å². The Bertz CT molecular complexity index is 1360. The molecule has 5 rings (SSSR count). The molecule has 3 heterocycles. The number of halogens is 1. The molecule has 3 aromatic rings. The van der Waals surface area contributed by atoms with Crippen LogP contribution in [0.15, 0.2) is 42.6 Å². The summed E-state index contributed by atoms with van der Waals surface area (Å²) in [6, 6.07) is 11.8. The molecule has 2 N–H and O–H groups in total. The molecular formula is C28H35ClN7O3P. The second-order valence-electron chi connectivity index (χ2n) is 10.3. The van der Waals surface area contributed by atoms with Crippen LogP contribution in [0.1, 0.15) is 25.7 Å².